The van der Waals surface area contributed by atoms with E-state index in [1.807, 2.05) is 37.5 Å². The molecule has 0 amide bonds. The molecule has 6 heteroatoms. The lowest BCUT2D eigenvalue weighted by Crippen LogP contribution is -2.39. The van der Waals surface area contributed by atoms with Crippen LogP contribution in [-0.2, 0) is 13.0 Å². The Kier molecular flexibility index (Phi) is 6.20. The van der Waals surface area contributed by atoms with Crippen LogP contribution < -0.4 is 5.32 Å². The van der Waals surface area contributed by atoms with Crippen LogP contribution in [0.3, 0.4) is 0 Å². The minimum atomic E-state index is -0.249. The van der Waals surface area contributed by atoms with Gasteiger partial charge in [0.25, 0.3) is 0 Å². The van der Waals surface area contributed by atoms with E-state index in [9.17, 15) is 4.39 Å². The fraction of sp³-hybridized carbons (Fsp3) is 0.238. The van der Waals surface area contributed by atoms with Gasteiger partial charge in [-0.3, -0.25) is 4.99 Å². The summed E-state index contributed by atoms with van der Waals surface area (Å²) in [6.45, 7) is 1.52. The number of benzene rings is 2. The summed E-state index contributed by atoms with van der Waals surface area (Å²) < 4.78 is 14.8. The standard InChI is InChI=1S/C21H24FN5/c1-23-21(26(2)16-17-6-4-3-5-7-17)24-14-12-19-13-15-27(25-19)20-10-8-18(22)9-11-20/h3-11,13,15H,12,14,16H2,1-2H3,(H,23,24). The zero-order valence-corrected chi connectivity index (χ0v) is 15.6. The number of nitrogens with one attached hydrogen (secondary N) is 1. The summed E-state index contributed by atoms with van der Waals surface area (Å²) in [6, 6.07) is 18.6. The Hall–Kier alpha value is -3.15. The van der Waals surface area contributed by atoms with Crippen LogP contribution in [0.1, 0.15) is 11.3 Å². The third kappa shape index (κ3) is 5.17. The van der Waals surface area contributed by atoms with Crippen molar-refractivity contribution >= 4 is 5.96 Å². The molecule has 5 nitrogen and oxygen atoms in total. The van der Waals surface area contributed by atoms with Crippen molar-refractivity contribution in [2.75, 3.05) is 20.6 Å². The van der Waals surface area contributed by atoms with Crippen molar-refractivity contribution < 1.29 is 4.39 Å². The summed E-state index contributed by atoms with van der Waals surface area (Å²) in [4.78, 5) is 6.44. The average molecular weight is 365 g/mol. The first kappa shape index (κ1) is 18.6. The summed E-state index contributed by atoms with van der Waals surface area (Å²) in [5, 5.41) is 7.92. The van der Waals surface area contributed by atoms with Crippen LogP contribution in [0.15, 0.2) is 71.9 Å². The molecule has 3 rings (SSSR count). The monoisotopic (exact) mass is 365 g/mol. The van der Waals surface area contributed by atoms with E-state index in [0.717, 1.165) is 36.9 Å². The molecule has 0 aliphatic rings. The minimum Gasteiger partial charge on any atom is -0.356 e. The maximum atomic E-state index is 13.0. The van der Waals surface area contributed by atoms with E-state index in [1.165, 1.54) is 17.7 Å². The molecule has 0 atom stereocenters. The highest BCUT2D eigenvalue weighted by Gasteiger charge is 2.07. The van der Waals surface area contributed by atoms with Crippen LogP contribution in [0.2, 0.25) is 0 Å². The molecule has 0 aliphatic heterocycles. The highest BCUT2D eigenvalue weighted by atomic mass is 19.1. The average Bonchev–Trinajstić information content (AvgIpc) is 3.15. The number of hydrogen-bond donors (Lipinski definition) is 1. The molecule has 0 unspecified atom stereocenters. The van der Waals surface area contributed by atoms with Gasteiger partial charge in [-0.05, 0) is 35.9 Å². The molecule has 0 saturated heterocycles. The van der Waals surface area contributed by atoms with E-state index >= 15 is 0 Å². The molecule has 0 radical (unpaired) electrons. The normalized spacial score (nSPS) is 11.4. The third-order valence-corrected chi connectivity index (χ3v) is 4.24. The molecule has 1 N–H and O–H groups in total. The highest BCUT2D eigenvalue weighted by molar-refractivity contribution is 5.79. The molecular weight excluding hydrogens is 341 g/mol. The Labute approximate surface area is 159 Å². The summed E-state index contributed by atoms with van der Waals surface area (Å²) >= 11 is 0. The molecule has 0 aliphatic carbocycles. The first-order valence-electron chi connectivity index (χ1n) is 8.92. The van der Waals surface area contributed by atoms with Crippen molar-refractivity contribution in [1.82, 2.24) is 20.0 Å². The van der Waals surface area contributed by atoms with Gasteiger partial charge < -0.3 is 10.2 Å². The molecule has 2 aromatic carbocycles. The molecule has 0 saturated carbocycles. The summed E-state index contributed by atoms with van der Waals surface area (Å²) in [5.41, 5.74) is 3.04. The van der Waals surface area contributed by atoms with Crippen LogP contribution >= 0.6 is 0 Å². The van der Waals surface area contributed by atoms with Crippen molar-refractivity contribution in [3.05, 3.63) is 83.9 Å². The van der Waals surface area contributed by atoms with Gasteiger partial charge in [-0.1, -0.05) is 30.3 Å². The number of aliphatic imine (C=N–C) groups is 1. The van der Waals surface area contributed by atoms with Gasteiger partial charge in [0, 0.05) is 39.8 Å². The predicted molar refractivity (Wildman–Crippen MR) is 106 cm³/mol. The van der Waals surface area contributed by atoms with Gasteiger partial charge in [-0.15, -0.1) is 0 Å². The van der Waals surface area contributed by atoms with Crippen LogP contribution in [0.4, 0.5) is 4.39 Å². The topological polar surface area (TPSA) is 45.5 Å². The molecule has 140 valence electrons. The Bertz CT molecular complexity index is 871. The van der Waals surface area contributed by atoms with Crippen molar-refractivity contribution in [3.8, 4) is 5.69 Å². The van der Waals surface area contributed by atoms with E-state index in [0.29, 0.717) is 0 Å². The van der Waals surface area contributed by atoms with Crippen molar-refractivity contribution in [2.24, 2.45) is 4.99 Å². The van der Waals surface area contributed by atoms with Gasteiger partial charge in [0.1, 0.15) is 5.82 Å². The van der Waals surface area contributed by atoms with Gasteiger partial charge in [0.2, 0.25) is 0 Å². The SMILES string of the molecule is CN=C(NCCc1ccn(-c2ccc(F)cc2)n1)N(C)Cc1ccccc1. The molecule has 3 aromatic rings. The van der Waals surface area contributed by atoms with Crippen molar-refractivity contribution in [3.63, 3.8) is 0 Å². The van der Waals surface area contributed by atoms with Gasteiger partial charge >= 0.3 is 0 Å². The third-order valence-electron chi connectivity index (χ3n) is 4.24. The highest BCUT2D eigenvalue weighted by Crippen LogP contribution is 2.09. The fourth-order valence-electron chi connectivity index (χ4n) is 2.85. The molecule has 1 heterocycles. The van der Waals surface area contributed by atoms with Crippen molar-refractivity contribution in [2.45, 2.75) is 13.0 Å². The molecule has 0 fully saturated rings. The zero-order valence-electron chi connectivity index (χ0n) is 15.6. The number of nitrogens with zero attached hydrogens (tertiary/aromatic N) is 4. The maximum absolute atomic E-state index is 13.0. The Morgan fingerprint density at radius 3 is 2.56 bits per heavy atom. The summed E-state index contributed by atoms with van der Waals surface area (Å²) in [7, 11) is 3.80. The Morgan fingerprint density at radius 2 is 1.85 bits per heavy atom. The van der Waals surface area contributed by atoms with Crippen LogP contribution in [0, 0.1) is 5.82 Å². The Morgan fingerprint density at radius 1 is 1.11 bits per heavy atom. The first-order chi connectivity index (χ1) is 13.2. The second kappa shape index (κ2) is 8.98. The van der Waals surface area contributed by atoms with E-state index in [2.05, 4.69) is 32.4 Å². The van der Waals surface area contributed by atoms with Gasteiger partial charge in [-0.25, -0.2) is 9.07 Å². The molecule has 27 heavy (non-hydrogen) atoms. The maximum Gasteiger partial charge on any atom is 0.193 e. The summed E-state index contributed by atoms with van der Waals surface area (Å²) in [5.74, 6) is 0.596. The lowest BCUT2D eigenvalue weighted by Gasteiger charge is -2.22. The largest absolute Gasteiger partial charge is 0.356 e. The molecule has 0 spiro atoms. The molecule has 0 bridgehead atoms. The number of halogens is 1. The smallest absolute Gasteiger partial charge is 0.193 e. The van der Waals surface area contributed by atoms with E-state index in [-0.39, 0.29) is 5.82 Å². The lowest BCUT2D eigenvalue weighted by molar-refractivity contribution is 0.477. The Balaban J connectivity index is 1.52. The van der Waals surface area contributed by atoms with E-state index < -0.39 is 0 Å². The van der Waals surface area contributed by atoms with Crippen LogP contribution in [0.25, 0.3) is 5.69 Å². The number of hydrogen-bond acceptors (Lipinski definition) is 2. The second-order valence-corrected chi connectivity index (χ2v) is 6.29. The van der Waals surface area contributed by atoms with E-state index in [4.69, 9.17) is 0 Å². The quantitative estimate of drug-likeness (QED) is 0.539. The van der Waals surface area contributed by atoms with Gasteiger partial charge in [0.05, 0.1) is 11.4 Å². The lowest BCUT2D eigenvalue weighted by atomic mass is 10.2. The van der Waals surface area contributed by atoms with Crippen LogP contribution in [-0.4, -0.2) is 41.3 Å². The van der Waals surface area contributed by atoms with E-state index in [1.54, 1.807) is 23.9 Å². The van der Waals surface area contributed by atoms with Crippen molar-refractivity contribution in [1.29, 1.82) is 0 Å². The predicted octanol–water partition coefficient (Wildman–Crippen LogP) is 3.26. The zero-order chi connectivity index (χ0) is 19.1. The fourth-order valence-corrected chi connectivity index (χ4v) is 2.85. The van der Waals surface area contributed by atoms with Gasteiger partial charge in [0.15, 0.2) is 5.96 Å². The number of aromatic nitrogens is 2. The number of guanidine groups is 1. The molecular formula is C21H24FN5. The minimum absolute atomic E-state index is 0.249. The molecule has 1 aromatic heterocycles. The second-order valence-electron chi connectivity index (χ2n) is 6.29. The summed E-state index contributed by atoms with van der Waals surface area (Å²) in [6.07, 6.45) is 2.66. The first-order valence-corrected chi connectivity index (χ1v) is 8.92. The number of rotatable bonds is 6. The van der Waals surface area contributed by atoms with Crippen LogP contribution in [0.5, 0.6) is 0 Å². The van der Waals surface area contributed by atoms with Gasteiger partial charge in [-0.2, -0.15) is 5.10 Å².